The molecule has 0 aromatic heterocycles. The number of carbonyl (C=O) groups is 3. The molecule has 9 heteroatoms. The zero-order valence-corrected chi connectivity index (χ0v) is 23.1. The van der Waals surface area contributed by atoms with E-state index in [1.807, 2.05) is 54.6 Å². The predicted octanol–water partition coefficient (Wildman–Crippen LogP) is 5.07. The van der Waals surface area contributed by atoms with E-state index in [1.54, 1.807) is 18.1 Å². The zero-order chi connectivity index (χ0) is 29.2. The van der Waals surface area contributed by atoms with E-state index < -0.39 is 18.4 Å². The van der Waals surface area contributed by atoms with Gasteiger partial charge in [0.05, 0.1) is 7.11 Å². The number of carbonyl (C=O) groups excluding carboxylic acids is 3. The second kappa shape index (κ2) is 14.4. The Hall–Kier alpha value is -4.27. The van der Waals surface area contributed by atoms with Crippen molar-refractivity contribution in [2.24, 2.45) is 0 Å². The minimum absolute atomic E-state index is 0.000378. The molecule has 3 aromatic carbocycles. The number of halogens is 2. The van der Waals surface area contributed by atoms with E-state index in [1.165, 1.54) is 23.1 Å². The lowest BCUT2D eigenvalue weighted by molar-refractivity contribution is -0.141. The number of nitrogens with one attached hydrogen (secondary N) is 1. The quantitative estimate of drug-likeness (QED) is 0.315. The molecule has 1 aliphatic rings. The number of ether oxygens (including phenoxy) is 1. The average molecular weight is 564 g/mol. The summed E-state index contributed by atoms with van der Waals surface area (Å²) in [5.74, 6) is -0.0907. The van der Waals surface area contributed by atoms with E-state index in [0.717, 1.165) is 17.5 Å². The van der Waals surface area contributed by atoms with Crippen molar-refractivity contribution in [3.8, 4) is 5.75 Å². The van der Waals surface area contributed by atoms with Gasteiger partial charge in [-0.3, -0.25) is 14.4 Å². The summed E-state index contributed by atoms with van der Waals surface area (Å²) in [6.45, 7) is 1.14. The summed E-state index contributed by atoms with van der Waals surface area (Å²) in [6.07, 6.45) is -1.04. The Bertz CT molecular complexity index is 1320. The first-order valence-corrected chi connectivity index (χ1v) is 13.8. The first-order chi connectivity index (χ1) is 19.9. The third-order valence-corrected chi connectivity index (χ3v) is 7.24. The minimum Gasteiger partial charge on any atom is -0.497 e. The van der Waals surface area contributed by atoms with Crippen molar-refractivity contribution >= 4 is 17.7 Å². The van der Waals surface area contributed by atoms with Crippen LogP contribution in [0.3, 0.4) is 0 Å². The lowest BCUT2D eigenvalue weighted by atomic mass is 10.00. The number of benzene rings is 3. The van der Waals surface area contributed by atoms with Crippen LogP contribution in [0.1, 0.15) is 54.0 Å². The van der Waals surface area contributed by atoms with E-state index in [0.29, 0.717) is 30.7 Å². The van der Waals surface area contributed by atoms with Crippen LogP contribution >= 0.6 is 0 Å². The first kappa shape index (κ1) is 29.7. The smallest absolute Gasteiger partial charge is 0.263 e. The molecule has 3 amide bonds. The lowest BCUT2D eigenvalue weighted by Gasteiger charge is -2.33. The molecule has 1 N–H and O–H groups in total. The molecule has 0 saturated carbocycles. The number of amides is 3. The molecule has 4 rings (SSSR count). The van der Waals surface area contributed by atoms with Crippen LogP contribution in [-0.2, 0) is 27.3 Å². The maximum atomic E-state index is 13.8. The summed E-state index contributed by atoms with van der Waals surface area (Å²) in [5.41, 5.74) is 1.84. The van der Waals surface area contributed by atoms with E-state index in [-0.39, 0.29) is 43.4 Å². The van der Waals surface area contributed by atoms with Crippen LogP contribution in [0.25, 0.3) is 0 Å². The molecule has 3 aromatic rings. The molecule has 41 heavy (non-hydrogen) atoms. The molecule has 1 atom stereocenters. The van der Waals surface area contributed by atoms with Crippen LogP contribution in [-0.4, -0.2) is 54.3 Å². The second-order valence-electron chi connectivity index (χ2n) is 10.00. The normalized spacial score (nSPS) is 13.8. The highest BCUT2D eigenvalue weighted by Gasteiger charge is 2.33. The molecule has 1 saturated heterocycles. The lowest BCUT2D eigenvalue weighted by Crippen LogP contribution is -2.47. The third-order valence-electron chi connectivity index (χ3n) is 7.24. The van der Waals surface area contributed by atoms with Gasteiger partial charge in [-0.05, 0) is 47.7 Å². The summed E-state index contributed by atoms with van der Waals surface area (Å²) in [5, 5.41) is 2.89. The van der Waals surface area contributed by atoms with Gasteiger partial charge in [0.15, 0.2) is 0 Å². The minimum atomic E-state index is -2.73. The molecule has 0 radical (unpaired) electrons. The fraction of sp³-hybridized carbons (Fsp3) is 0.344. The number of alkyl halides is 2. The number of nitrogens with zero attached hydrogens (tertiary/aromatic N) is 2. The van der Waals surface area contributed by atoms with E-state index >= 15 is 0 Å². The van der Waals surface area contributed by atoms with E-state index in [9.17, 15) is 23.2 Å². The Morgan fingerprint density at radius 2 is 1.71 bits per heavy atom. The van der Waals surface area contributed by atoms with Crippen LogP contribution in [0, 0.1) is 0 Å². The van der Waals surface area contributed by atoms with Crippen molar-refractivity contribution in [1.82, 2.24) is 15.1 Å². The molecule has 0 spiro atoms. The summed E-state index contributed by atoms with van der Waals surface area (Å²) < 4.78 is 32.5. The molecular weight excluding hydrogens is 528 g/mol. The Labute approximate surface area is 239 Å². The topological polar surface area (TPSA) is 79.0 Å². The number of hydrogen-bond acceptors (Lipinski definition) is 4. The summed E-state index contributed by atoms with van der Waals surface area (Å²) in [6, 6.07) is 21.2. The Morgan fingerprint density at radius 3 is 2.37 bits per heavy atom. The van der Waals surface area contributed by atoms with Crippen molar-refractivity contribution in [3.05, 3.63) is 101 Å². The van der Waals surface area contributed by atoms with Gasteiger partial charge in [0.1, 0.15) is 11.8 Å². The highest BCUT2D eigenvalue weighted by atomic mass is 19.3. The van der Waals surface area contributed by atoms with Gasteiger partial charge in [0.25, 0.3) is 6.43 Å². The molecule has 216 valence electrons. The van der Waals surface area contributed by atoms with Gasteiger partial charge < -0.3 is 19.9 Å². The molecule has 1 unspecified atom stereocenters. The SMILES string of the molecule is COc1ccc(CCC(=O)N(CCN2CCCC2=O)C(C(=O)NCc2ccccc2)c2cccc(C(F)F)c2)cc1. The molecule has 0 aliphatic carbocycles. The van der Waals surface area contributed by atoms with Crippen LogP contribution in [0.5, 0.6) is 5.75 Å². The van der Waals surface area contributed by atoms with Gasteiger partial charge >= 0.3 is 0 Å². The van der Waals surface area contributed by atoms with Crippen molar-refractivity contribution in [3.63, 3.8) is 0 Å². The van der Waals surface area contributed by atoms with Gasteiger partial charge in [0.2, 0.25) is 17.7 Å². The number of likely N-dealkylation sites (tertiary alicyclic amines) is 1. The zero-order valence-electron chi connectivity index (χ0n) is 23.1. The fourth-order valence-corrected chi connectivity index (χ4v) is 4.97. The monoisotopic (exact) mass is 563 g/mol. The number of aryl methyl sites for hydroxylation is 1. The van der Waals surface area contributed by atoms with Crippen molar-refractivity contribution in [2.75, 3.05) is 26.7 Å². The van der Waals surface area contributed by atoms with Crippen LogP contribution in [0.4, 0.5) is 8.78 Å². The second-order valence-corrected chi connectivity index (χ2v) is 10.00. The Balaban J connectivity index is 1.62. The molecule has 1 aliphatic heterocycles. The standard InChI is InChI=1S/C32H35F2N3O4/c1-41-27-15-12-23(13-16-27)14-17-29(39)37(20-19-36-18-6-11-28(36)38)30(25-9-5-10-26(21-25)31(33)34)32(40)35-22-24-7-3-2-4-8-24/h2-5,7-10,12-13,15-16,21,30-31H,6,11,14,17-20,22H2,1H3,(H,35,40). The largest absolute Gasteiger partial charge is 0.497 e. The van der Waals surface area contributed by atoms with Crippen LogP contribution < -0.4 is 10.1 Å². The van der Waals surface area contributed by atoms with E-state index in [2.05, 4.69) is 5.32 Å². The average Bonchev–Trinajstić information content (AvgIpc) is 3.41. The highest BCUT2D eigenvalue weighted by Crippen LogP contribution is 2.28. The fourth-order valence-electron chi connectivity index (χ4n) is 4.97. The summed E-state index contributed by atoms with van der Waals surface area (Å²) in [7, 11) is 1.58. The maximum absolute atomic E-state index is 13.8. The molecule has 1 fully saturated rings. The Morgan fingerprint density at radius 1 is 0.976 bits per heavy atom. The number of rotatable bonds is 13. The number of hydrogen-bond donors (Lipinski definition) is 1. The molecule has 1 heterocycles. The van der Waals surface area contributed by atoms with Gasteiger partial charge in [-0.15, -0.1) is 0 Å². The molecule has 7 nitrogen and oxygen atoms in total. The van der Waals surface area contributed by atoms with Gasteiger partial charge in [0, 0.05) is 44.6 Å². The van der Waals surface area contributed by atoms with Crippen molar-refractivity contribution in [2.45, 2.75) is 44.7 Å². The molecular formula is C32H35F2N3O4. The maximum Gasteiger partial charge on any atom is 0.263 e. The van der Waals surface area contributed by atoms with Crippen LogP contribution in [0.2, 0.25) is 0 Å². The number of methoxy groups -OCH3 is 1. The van der Waals surface area contributed by atoms with Gasteiger partial charge in [-0.25, -0.2) is 8.78 Å². The summed E-state index contributed by atoms with van der Waals surface area (Å²) >= 11 is 0. The molecule has 0 bridgehead atoms. The first-order valence-electron chi connectivity index (χ1n) is 13.8. The van der Waals surface area contributed by atoms with Gasteiger partial charge in [-0.1, -0.05) is 60.7 Å². The van der Waals surface area contributed by atoms with Gasteiger partial charge in [-0.2, -0.15) is 0 Å². The van der Waals surface area contributed by atoms with Crippen molar-refractivity contribution in [1.29, 1.82) is 0 Å². The third kappa shape index (κ3) is 8.13. The van der Waals surface area contributed by atoms with E-state index in [4.69, 9.17) is 4.74 Å². The van der Waals surface area contributed by atoms with Crippen LogP contribution in [0.15, 0.2) is 78.9 Å². The Kier molecular flexibility index (Phi) is 10.4. The highest BCUT2D eigenvalue weighted by molar-refractivity contribution is 5.89. The predicted molar refractivity (Wildman–Crippen MR) is 151 cm³/mol. The van der Waals surface area contributed by atoms with Crippen molar-refractivity contribution < 1.29 is 27.9 Å². The summed E-state index contributed by atoms with van der Waals surface area (Å²) in [4.78, 5) is 43.0.